The normalized spacial score (nSPS) is 11.4. The predicted molar refractivity (Wildman–Crippen MR) is 116 cm³/mol. The zero-order chi connectivity index (χ0) is 21.8. The summed E-state index contributed by atoms with van der Waals surface area (Å²) in [4.78, 5) is 25.3. The summed E-state index contributed by atoms with van der Waals surface area (Å²) in [7, 11) is 1.47. The first-order valence-corrected chi connectivity index (χ1v) is 9.75. The zero-order valence-electron chi connectivity index (χ0n) is 17.4. The fourth-order valence-electron chi connectivity index (χ4n) is 3.55. The Bertz CT molecular complexity index is 1180. The van der Waals surface area contributed by atoms with E-state index in [-0.39, 0.29) is 18.2 Å². The average molecular weight is 409 g/mol. The molecule has 0 radical (unpaired) electrons. The number of aromatic nitrogens is 1. The molecule has 0 aliphatic rings. The van der Waals surface area contributed by atoms with E-state index < -0.39 is 11.8 Å². The fraction of sp³-hybridized carbons (Fsp3) is 0.250. The smallest absolute Gasteiger partial charge is 0.330 e. The lowest BCUT2D eigenvalue weighted by molar-refractivity contribution is -0.137. The van der Waals surface area contributed by atoms with Gasteiger partial charge in [-0.1, -0.05) is 18.2 Å². The number of methoxy groups -OCH3 is 1. The van der Waals surface area contributed by atoms with Crippen molar-refractivity contribution in [3.63, 3.8) is 0 Å². The number of carbonyl (C=O) groups is 1. The van der Waals surface area contributed by atoms with Gasteiger partial charge in [-0.3, -0.25) is 4.79 Å². The molecule has 0 bridgehead atoms. The molecular formula is C24H24FNO4. The average Bonchev–Trinajstić information content (AvgIpc) is 2.72. The number of nitrogens with zero attached hydrogens (tertiary/aromatic N) is 1. The van der Waals surface area contributed by atoms with Crippen molar-refractivity contribution in [1.29, 1.82) is 0 Å². The van der Waals surface area contributed by atoms with Crippen molar-refractivity contribution in [2.45, 2.75) is 26.8 Å². The summed E-state index contributed by atoms with van der Waals surface area (Å²) in [6.07, 6.45) is 2.87. The molecule has 3 rings (SSSR count). The Morgan fingerprint density at radius 2 is 1.87 bits per heavy atom. The minimum atomic E-state index is -0.509. The number of pyridine rings is 1. The van der Waals surface area contributed by atoms with Crippen molar-refractivity contribution < 1.29 is 18.7 Å². The molecule has 0 atom stereocenters. The van der Waals surface area contributed by atoms with E-state index in [1.807, 2.05) is 26.0 Å². The number of carbonyl (C=O) groups excluding carboxylic acids is 1. The van der Waals surface area contributed by atoms with Crippen LogP contribution in [0.15, 0.2) is 53.3 Å². The van der Waals surface area contributed by atoms with Crippen LogP contribution < -0.4 is 10.3 Å². The lowest BCUT2D eigenvalue weighted by Crippen LogP contribution is -2.25. The monoisotopic (exact) mass is 409 g/mol. The van der Waals surface area contributed by atoms with Gasteiger partial charge in [-0.2, -0.15) is 0 Å². The molecule has 0 saturated heterocycles. The Morgan fingerprint density at radius 3 is 2.50 bits per heavy atom. The van der Waals surface area contributed by atoms with Gasteiger partial charge in [-0.05, 0) is 50.4 Å². The van der Waals surface area contributed by atoms with Crippen LogP contribution in [0, 0.1) is 5.82 Å². The predicted octanol–water partition coefficient (Wildman–Crippen LogP) is 4.97. The summed E-state index contributed by atoms with van der Waals surface area (Å²) in [5, 5.41) is 1.22. The summed E-state index contributed by atoms with van der Waals surface area (Å²) in [5.74, 6) is -0.606. The van der Waals surface area contributed by atoms with Gasteiger partial charge in [0.15, 0.2) is 0 Å². The van der Waals surface area contributed by atoms with Crippen LogP contribution in [0.1, 0.15) is 32.5 Å². The highest BCUT2D eigenvalue weighted by molar-refractivity contribution is 6.02. The van der Waals surface area contributed by atoms with E-state index in [1.54, 1.807) is 35.8 Å². The fourth-order valence-corrected chi connectivity index (χ4v) is 3.55. The van der Waals surface area contributed by atoms with Crippen LogP contribution in [0.5, 0.6) is 5.75 Å². The summed E-state index contributed by atoms with van der Waals surface area (Å²) in [5.41, 5.74) is 1.64. The van der Waals surface area contributed by atoms with Crippen LogP contribution in [-0.4, -0.2) is 24.3 Å². The van der Waals surface area contributed by atoms with Crippen LogP contribution >= 0.6 is 0 Å². The molecule has 1 aromatic heterocycles. The second-order valence-corrected chi connectivity index (χ2v) is 7.00. The van der Waals surface area contributed by atoms with Crippen LogP contribution in [0.3, 0.4) is 0 Å². The molecule has 156 valence electrons. The minimum Gasteiger partial charge on any atom is -0.496 e. The molecule has 5 nitrogen and oxygen atoms in total. The molecule has 30 heavy (non-hydrogen) atoms. The Labute approximate surface area is 174 Å². The number of ether oxygens (including phenoxy) is 2. The highest BCUT2D eigenvalue weighted by Crippen LogP contribution is 2.38. The standard InChI is InChI=1S/C24H24FNO4/c1-5-30-22(27)13-12-20-23(19-11-10-16(25)14-21(19)29-4)17-8-6-7-9-18(17)24(28)26(20)15(2)3/h6-15H,5H2,1-4H3/b13-12+. The van der Waals surface area contributed by atoms with Crippen LogP contribution in [0.2, 0.25) is 0 Å². The second kappa shape index (κ2) is 8.95. The summed E-state index contributed by atoms with van der Waals surface area (Å²) in [6.45, 7) is 5.75. The van der Waals surface area contributed by atoms with Gasteiger partial charge in [-0.15, -0.1) is 0 Å². The van der Waals surface area contributed by atoms with Crippen LogP contribution in [0.25, 0.3) is 28.0 Å². The highest BCUT2D eigenvalue weighted by atomic mass is 19.1. The Morgan fingerprint density at radius 1 is 1.17 bits per heavy atom. The summed E-state index contributed by atoms with van der Waals surface area (Å²) < 4.78 is 25.9. The number of rotatable bonds is 6. The second-order valence-electron chi connectivity index (χ2n) is 7.00. The van der Waals surface area contributed by atoms with E-state index in [2.05, 4.69) is 0 Å². The van der Waals surface area contributed by atoms with E-state index in [4.69, 9.17) is 9.47 Å². The largest absolute Gasteiger partial charge is 0.496 e. The first kappa shape index (κ1) is 21.3. The minimum absolute atomic E-state index is 0.172. The number of hydrogen-bond donors (Lipinski definition) is 0. The van der Waals surface area contributed by atoms with Gasteiger partial charge in [0.1, 0.15) is 11.6 Å². The first-order valence-electron chi connectivity index (χ1n) is 9.75. The third-order valence-corrected chi connectivity index (χ3v) is 4.77. The number of hydrogen-bond acceptors (Lipinski definition) is 4. The molecule has 6 heteroatoms. The molecule has 1 heterocycles. The molecule has 2 aromatic carbocycles. The third kappa shape index (κ3) is 3.99. The maximum atomic E-state index is 13.9. The maximum Gasteiger partial charge on any atom is 0.330 e. The van der Waals surface area contributed by atoms with Crippen molar-refractivity contribution in [3.8, 4) is 16.9 Å². The van der Waals surface area contributed by atoms with Gasteiger partial charge in [0.05, 0.1) is 19.4 Å². The summed E-state index contributed by atoms with van der Waals surface area (Å²) >= 11 is 0. The first-order chi connectivity index (χ1) is 14.4. The molecule has 0 N–H and O–H groups in total. The third-order valence-electron chi connectivity index (χ3n) is 4.77. The number of halogens is 1. The molecular weight excluding hydrogens is 385 g/mol. The van der Waals surface area contributed by atoms with Crippen LogP contribution in [-0.2, 0) is 9.53 Å². The molecule has 0 saturated carbocycles. The van der Waals surface area contributed by atoms with E-state index in [1.165, 1.54) is 25.3 Å². The van der Waals surface area contributed by atoms with Gasteiger partial charge in [-0.25, -0.2) is 9.18 Å². The van der Waals surface area contributed by atoms with E-state index in [0.29, 0.717) is 33.3 Å². The molecule has 0 amide bonds. The number of fused-ring (bicyclic) bond motifs is 1. The maximum absolute atomic E-state index is 13.9. The molecule has 0 unspecified atom stereocenters. The Hall–Kier alpha value is -3.41. The van der Waals surface area contributed by atoms with Crippen molar-refractivity contribution in [2.24, 2.45) is 0 Å². The van der Waals surface area contributed by atoms with Gasteiger partial charge >= 0.3 is 5.97 Å². The van der Waals surface area contributed by atoms with Crippen molar-refractivity contribution >= 4 is 22.8 Å². The molecule has 0 aliphatic heterocycles. The molecule has 0 spiro atoms. The quantitative estimate of drug-likeness (QED) is 0.426. The molecule has 0 fully saturated rings. The van der Waals surface area contributed by atoms with E-state index >= 15 is 0 Å². The van der Waals surface area contributed by atoms with Gasteiger partial charge in [0.2, 0.25) is 0 Å². The number of benzene rings is 2. The lowest BCUT2D eigenvalue weighted by atomic mass is 9.95. The topological polar surface area (TPSA) is 57.5 Å². The Balaban J connectivity index is 2.47. The SMILES string of the molecule is CCOC(=O)/C=C/c1c(-c2ccc(F)cc2OC)c2ccccc2c(=O)n1C(C)C. The van der Waals surface area contributed by atoms with Gasteiger partial charge < -0.3 is 14.0 Å². The van der Waals surface area contributed by atoms with Crippen molar-refractivity contribution in [3.05, 3.63) is 70.4 Å². The Kier molecular flexibility index (Phi) is 6.35. The van der Waals surface area contributed by atoms with Crippen LogP contribution in [0.4, 0.5) is 4.39 Å². The van der Waals surface area contributed by atoms with E-state index in [0.717, 1.165) is 0 Å². The van der Waals surface area contributed by atoms with Crippen molar-refractivity contribution in [1.82, 2.24) is 4.57 Å². The van der Waals surface area contributed by atoms with E-state index in [9.17, 15) is 14.0 Å². The lowest BCUT2D eigenvalue weighted by Gasteiger charge is -2.21. The van der Waals surface area contributed by atoms with Gasteiger partial charge in [0, 0.05) is 34.7 Å². The van der Waals surface area contributed by atoms with Crippen molar-refractivity contribution in [2.75, 3.05) is 13.7 Å². The zero-order valence-corrected chi connectivity index (χ0v) is 17.4. The number of esters is 1. The molecule has 0 aliphatic carbocycles. The summed E-state index contributed by atoms with van der Waals surface area (Å²) in [6, 6.07) is 11.3. The molecule has 3 aromatic rings. The highest BCUT2D eigenvalue weighted by Gasteiger charge is 2.21. The van der Waals surface area contributed by atoms with Gasteiger partial charge in [0.25, 0.3) is 5.56 Å².